The molecule has 75 heavy (non-hydrogen) atoms. The van der Waals surface area contributed by atoms with Gasteiger partial charge in [-0.25, -0.2) is 0 Å². The molecule has 6 aliphatic heterocycles. The number of ether oxygens (including phenoxy) is 1. The second kappa shape index (κ2) is 17.1. The summed E-state index contributed by atoms with van der Waals surface area (Å²) in [5, 5.41) is 6.62. The maximum Gasteiger partial charge on any atom is 0.268 e. The van der Waals surface area contributed by atoms with Crippen molar-refractivity contribution in [3.05, 3.63) is 140 Å². The highest BCUT2D eigenvalue weighted by atomic mass is 32.2. The number of thiophene rings is 2. The lowest BCUT2D eigenvalue weighted by molar-refractivity contribution is 0.493. The molecule has 0 amide bonds. The van der Waals surface area contributed by atoms with Crippen LogP contribution in [0.3, 0.4) is 0 Å². The number of hydrogen-bond donors (Lipinski definition) is 1. The number of fused-ring (bicyclic) bond motifs is 16. The van der Waals surface area contributed by atoms with E-state index in [0.29, 0.717) is 0 Å². The molecule has 0 spiro atoms. The van der Waals surface area contributed by atoms with Crippen LogP contribution in [-0.2, 0) is 0 Å². The van der Waals surface area contributed by atoms with Crippen LogP contribution in [0.5, 0.6) is 11.5 Å². The first-order valence-corrected chi connectivity index (χ1v) is 33.6. The van der Waals surface area contributed by atoms with E-state index >= 15 is 0 Å². The van der Waals surface area contributed by atoms with Gasteiger partial charge in [-0.05, 0) is 172 Å². The summed E-state index contributed by atoms with van der Waals surface area (Å²) in [6.45, 7) is -0.0334. The zero-order valence-corrected chi connectivity index (χ0v) is 48.0. The molecule has 362 valence electrons. The van der Waals surface area contributed by atoms with Crippen LogP contribution in [0.1, 0.15) is 0 Å². The number of benzene rings is 8. The van der Waals surface area contributed by atoms with E-state index in [9.17, 15) is 0 Å². The van der Waals surface area contributed by atoms with Crippen molar-refractivity contribution in [3.63, 3.8) is 0 Å². The lowest BCUT2D eigenvalue weighted by Crippen LogP contribution is -2.65. The number of hydrogen-bond acceptors (Lipinski definition) is 14. The Bertz CT molecular complexity index is 4150. The van der Waals surface area contributed by atoms with Crippen LogP contribution in [-0.4, -0.2) is 57.7 Å². The Labute approximate surface area is 471 Å². The van der Waals surface area contributed by atoms with Crippen molar-refractivity contribution < 1.29 is 4.74 Å². The normalized spacial score (nSPS) is 14.6. The smallest absolute Gasteiger partial charge is 0.268 e. The second-order valence-corrected chi connectivity index (χ2v) is 26.4. The molecule has 0 unspecified atom stereocenters. The van der Waals surface area contributed by atoms with Crippen LogP contribution < -0.4 is 75.7 Å². The van der Waals surface area contributed by atoms with Gasteiger partial charge in [-0.2, -0.15) is 0 Å². The van der Waals surface area contributed by atoms with Crippen molar-refractivity contribution in [1.29, 1.82) is 0 Å². The molecule has 0 saturated carbocycles. The zero-order chi connectivity index (χ0) is 50.1. The summed E-state index contributed by atoms with van der Waals surface area (Å²) >= 11 is 14.7. The molecule has 6 aliphatic rings. The van der Waals surface area contributed by atoms with Gasteiger partial charge in [-0.15, -0.1) is 58.0 Å². The molecule has 0 aliphatic carbocycles. The van der Waals surface area contributed by atoms with Crippen molar-refractivity contribution in [2.75, 3.05) is 60.7 Å². The highest BCUT2D eigenvalue weighted by molar-refractivity contribution is 8.01. The molecule has 0 saturated heterocycles. The van der Waals surface area contributed by atoms with E-state index < -0.39 is 0 Å². The third-order valence-electron chi connectivity index (χ3n) is 16.0. The predicted octanol–water partition coefficient (Wildman–Crippen LogP) is 12.0. The average Bonchev–Trinajstić information content (AvgIpc) is 4.05. The zero-order valence-electron chi connectivity index (χ0n) is 41.5. The van der Waals surface area contributed by atoms with E-state index in [2.05, 4.69) is 200 Å². The summed E-state index contributed by atoms with van der Waals surface area (Å²) in [5.41, 5.74) is 22.8. The Morgan fingerprint density at radius 2 is 0.973 bits per heavy atom. The summed E-state index contributed by atoms with van der Waals surface area (Å²) in [4.78, 5) is 6.25. The first kappa shape index (κ1) is 45.9. The fraction of sp³-hybridized carbons (Fsp3) is 0.103. The number of nitrogens with one attached hydrogen (secondary N) is 1. The molecule has 10 aromatic rings. The third kappa shape index (κ3) is 6.29. The molecule has 1 N–H and O–H groups in total. The first-order chi connectivity index (χ1) is 36.9. The molecule has 8 aromatic carbocycles. The third-order valence-corrected chi connectivity index (χ3v) is 22.9. The molecule has 0 fully saturated rings. The van der Waals surface area contributed by atoms with E-state index in [1.54, 1.807) is 35.7 Å². The van der Waals surface area contributed by atoms with E-state index in [-0.39, 0.29) is 20.1 Å². The summed E-state index contributed by atoms with van der Waals surface area (Å²) in [7, 11) is 0. The number of para-hydroxylation sites is 1. The van der Waals surface area contributed by atoms with E-state index in [0.717, 1.165) is 11.5 Å². The standard InChI is InChI=1S/C58H42B3N5OS8/c1-68-31-20-41-52-45(21-31)63(30-14-8-7-9-15-30)55-34-16-10-12-18-50(34)74-57(55)60(52)36-26-37-42(28-40(36)62-41)64(71-4)46-22-32(69-2)23-47-53(46)59(37)38-27-39-44(29-43(38)65(47)72-5)66(73-6)48-24-33(70-3)25-49-54(48)61(39)58-56(67-49)35-17-11-13-19-51(35)75-58/h7-29,62H,1-6H3. The van der Waals surface area contributed by atoms with Gasteiger partial charge in [0.25, 0.3) is 20.1 Å². The minimum Gasteiger partial charge on any atom is -0.457 e. The van der Waals surface area contributed by atoms with E-state index in [1.807, 2.05) is 58.1 Å². The molecular formula is C58H42B3N5OS8. The van der Waals surface area contributed by atoms with Crippen molar-refractivity contribution in [2.45, 2.75) is 14.7 Å². The lowest BCUT2D eigenvalue weighted by atomic mass is 9.30. The minimum absolute atomic E-state index is 0.000936. The first-order valence-electron chi connectivity index (χ1n) is 24.8. The van der Waals surface area contributed by atoms with Crippen LogP contribution in [0, 0.1) is 0 Å². The van der Waals surface area contributed by atoms with Gasteiger partial charge >= 0.3 is 0 Å². The monoisotopic (exact) mass is 1110 g/mol. The summed E-state index contributed by atoms with van der Waals surface area (Å²) in [6.07, 6.45) is 13.3. The van der Waals surface area contributed by atoms with Gasteiger partial charge in [-0.1, -0.05) is 60.7 Å². The molecule has 6 nitrogen and oxygen atoms in total. The Balaban J connectivity index is 0.978. The van der Waals surface area contributed by atoms with E-state index in [4.69, 9.17) is 4.74 Å². The molecule has 16 rings (SSSR count). The molecular weight excluding hydrogens is 1070 g/mol. The molecule has 2 aromatic heterocycles. The van der Waals surface area contributed by atoms with Crippen molar-refractivity contribution >= 4 is 244 Å². The van der Waals surface area contributed by atoms with Gasteiger partial charge in [0.1, 0.15) is 11.5 Å². The average molecular weight is 1110 g/mol. The summed E-state index contributed by atoms with van der Waals surface area (Å²) < 4.78 is 19.9. The quantitative estimate of drug-likeness (QED) is 0.0938. The lowest BCUT2D eigenvalue weighted by Gasteiger charge is -2.45. The maximum absolute atomic E-state index is 7.11. The van der Waals surface area contributed by atoms with Crippen molar-refractivity contribution in [1.82, 2.24) is 0 Å². The topological polar surface area (TPSA) is 34.2 Å². The van der Waals surface area contributed by atoms with Crippen molar-refractivity contribution in [3.8, 4) is 11.5 Å². The Morgan fingerprint density at radius 1 is 0.440 bits per heavy atom. The van der Waals surface area contributed by atoms with Crippen molar-refractivity contribution in [2.24, 2.45) is 0 Å². The Hall–Kier alpha value is -5.23. The summed E-state index contributed by atoms with van der Waals surface area (Å²) in [5.74, 6) is 1.96. The predicted molar refractivity (Wildman–Crippen MR) is 344 cm³/mol. The fourth-order valence-electron chi connectivity index (χ4n) is 13.1. The molecule has 0 bridgehead atoms. The van der Waals surface area contributed by atoms with Crippen LogP contribution in [0.2, 0.25) is 0 Å². The fourth-order valence-corrected chi connectivity index (χ4v) is 19.1. The molecule has 0 radical (unpaired) electrons. The molecule has 8 heterocycles. The van der Waals surface area contributed by atoms with Crippen LogP contribution in [0.4, 0.5) is 62.6 Å². The summed E-state index contributed by atoms with van der Waals surface area (Å²) in [6, 6.07) is 53.5. The van der Waals surface area contributed by atoms with Gasteiger partial charge < -0.3 is 15.0 Å². The number of nitrogens with zero attached hydrogens (tertiary/aromatic N) is 4. The van der Waals surface area contributed by atoms with Crippen LogP contribution in [0.25, 0.3) is 20.2 Å². The van der Waals surface area contributed by atoms with Gasteiger partial charge in [0, 0.05) is 103 Å². The molecule has 17 heteroatoms. The second-order valence-electron chi connectivity index (χ2n) is 19.4. The number of thioether (sulfide) groups is 3. The Morgan fingerprint density at radius 3 is 1.65 bits per heavy atom. The molecule has 0 atom stereocenters. The number of rotatable bonds is 7. The highest BCUT2D eigenvalue weighted by Gasteiger charge is 2.50. The largest absolute Gasteiger partial charge is 0.457 e. The number of anilines is 11. The van der Waals surface area contributed by atoms with Gasteiger partial charge in [-0.3, -0.25) is 12.9 Å². The minimum atomic E-state index is -0.0477. The van der Waals surface area contributed by atoms with Gasteiger partial charge in [0.05, 0.1) is 22.7 Å². The SMILES string of the molecule is CSc1cc2c3c(c1)N(SC)c1cc4c(cc1B3c1sc3ccccc3c1O2)B1c2cc3c(cc2N(SC)c2cc(SC)cc(c21)N4SC)Nc1cc(SC)cc2c1B3c1sc3ccccc3c1N2c1ccccc1. The maximum atomic E-state index is 7.11. The van der Waals surface area contributed by atoms with E-state index in [1.165, 1.54) is 145 Å². The Kier molecular flexibility index (Phi) is 10.5. The highest BCUT2D eigenvalue weighted by Crippen LogP contribution is 2.51. The van der Waals surface area contributed by atoms with Gasteiger partial charge in [0.15, 0.2) is 0 Å². The van der Waals surface area contributed by atoms with Crippen LogP contribution in [0.15, 0.2) is 154 Å². The van der Waals surface area contributed by atoms with Gasteiger partial charge in [0.2, 0.25) is 0 Å². The van der Waals surface area contributed by atoms with Crippen LogP contribution >= 0.6 is 93.8 Å².